The number of hydrogen-bond donors (Lipinski definition) is 1. The normalized spacial score (nSPS) is 16.9. The van der Waals surface area contributed by atoms with Crippen molar-refractivity contribution in [2.75, 3.05) is 0 Å². The second kappa shape index (κ2) is 5.41. The first-order valence-corrected chi connectivity index (χ1v) is 7.47. The molecule has 0 spiro atoms. The number of amides is 1. The molecule has 1 amide bonds. The highest BCUT2D eigenvalue weighted by Crippen LogP contribution is 2.31. The first kappa shape index (κ1) is 13.6. The number of rotatable bonds is 5. The first-order chi connectivity index (χ1) is 8.50. The maximum Gasteiger partial charge on any atom is 0.240 e. The van der Waals surface area contributed by atoms with E-state index in [1.54, 1.807) is 11.3 Å². The Morgan fingerprint density at radius 2 is 2.22 bits per heavy atom. The van der Waals surface area contributed by atoms with Gasteiger partial charge in [0.1, 0.15) is 0 Å². The summed E-state index contributed by atoms with van der Waals surface area (Å²) in [4.78, 5) is 15.7. The van der Waals surface area contributed by atoms with Crippen LogP contribution in [0.15, 0.2) is 11.4 Å². The predicted molar refractivity (Wildman–Crippen MR) is 75.4 cm³/mol. The van der Waals surface area contributed by atoms with E-state index in [4.69, 9.17) is 5.73 Å². The van der Waals surface area contributed by atoms with Gasteiger partial charge in [-0.2, -0.15) is 0 Å². The molecule has 1 aromatic rings. The average Bonchev–Trinajstić information content (AvgIpc) is 3.09. The molecule has 1 atom stereocenters. The summed E-state index contributed by atoms with van der Waals surface area (Å²) in [5.74, 6) is 0.309. The zero-order chi connectivity index (χ0) is 13.3. The highest BCUT2D eigenvalue weighted by molar-refractivity contribution is 7.10. The largest absolute Gasteiger partial charge is 0.333 e. The Kier molecular flexibility index (Phi) is 4.07. The van der Waals surface area contributed by atoms with E-state index in [0.29, 0.717) is 6.04 Å². The van der Waals surface area contributed by atoms with Gasteiger partial charge >= 0.3 is 0 Å². The minimum Gasteiger partial charge on any atom is -0.333 e. The third kappa shape index (κ3) is 2.93. The molecule has 2 rings (SSSR count). The van der Waals surface area contributed by atoms with Gasteiger partial charge in [0.2, 0.25) is 5.91 Å². The number of nitrogens with two attached hydrogens (primary N) is 1. The van der Waals surface area contributed by atoms with Gasteiger partial charge in [-0.3, -0.25) is 4.79 Å². The van der Waals surface area contributed by atoms with Gasteiger partial charge in [0.05, 0.1) is 12.6 Å². The lowest BCUT2D eigenvalue weighted by atomic mass is 10.0. The summed E-state index contributed by atoms with van der Waals surface area (Å²) in [6.45, 7) is 6.84. The number of carbonyl (C=O) groups is 1. The summed E-state index contributed by atoms with van der Waals surface area (Å²) in [5.41, 5.74) is 7.28. The van der Waals surface area contributed by atoms with Crippen molar-refractivity contribution in [3.63, 3.8) is 0 Å². The monoisotopic (exact) mass is 266 g/mol. The molecule has 1 unspecified atom stereocenters. The van der Waals surface area contributed by atoms with Crippen molar-refractivity contribution in [1.82, 2.24) is 4.90 Å². The molecule has 0 aromatic carbocycles. The fourth-order valence-corrected chi connectivity index (χ4v) is 2.87. The lowest BCUT2D eigenvalue weighted by Crippen LogP contribution is -2.47. The SMILES string of the molecule is Cc1ccsc1CN(C(=O)C(N)C(C)C)C1CC1. The van der Waals surface area contributed by atoms with Crippen LogP contribution in [0, 0.1) is 12.8 Å². The van der Waals surface area contributed by atoms with Gasteiger partial charge in [0.15, 0.2) is 0 Å². The Labute approximate surface area is 113 Å². The van der Waals surface area contributed by atoms with Crippen LogP contribution >= 0.6 is 11.3 Å². The molecule has 0 radical (unpaired) electrons. The van der Waals surface area contributed by atoms with Gasteiger partial charge < -0.3 is 10.6 Å². The fourth-order valence-electron chi connectivity index (χ4n) is 1.97. The summed E-state index contributed by atoms with van der Waals surface area (Å²) < 4.78 is 0. The summed E-state index contributed by atoms with van der Waals surface area (Å²) in [5, 5.41) is 2.09. The molecule has 2 N–H and O–H groups in total. The van der Waals surface area contributed by atoms with Gasteiger partial charge in [-0.05, 0) is 42.7 Å². The average molecular weight is 266 g/mol. The van der Waals surface area contributed by atoms with Gasteiger partial charge in [0, 0.05) is 10.9 Å². The number of nitrogens with zero attached hydrogens (tertiary/aromatic N) is 1. The molecule has 0 bridgehead atoms. The summed E-state index contributed by atoms with van der Waals surface area (Å²) in [6, 6.07) is 2.16. The van der Waals surface area contributed by atoms with Gasteiger partial charge in [-0.1, -0.05) is 13.8 Å². The minimum absolute atomic E-state index is 0.111. The standard InChI is InChI=1S/C14H22N2OS/c1-9(2)13(15)14(17)16(11-4-5-11)8-12-10(3)6-7-18-12/h6-7,9,11,13H,4-5,8,15H2,1-3H3. The van der Waals surface area contributed by atoms with Crippen molar-refractivity contribution in [3.05, 3.63) is 21.9 Å². The van der Waals surface area contributed by atoms with Crippen LogP contribution in [0.1, 0.15) is 37.1 Å². The number of thiophene rings is 1. The molecule has 1 aliphatic carbocycles. The second-order valence-corrected chi connectivity index (χ2v) is 6.49. The number of hydrogen-bond acceptors (Lipinski definition) is 3. The zero-order valence-electron chi connectivity index (χ0n) is 11.3. The third-order valence-electron chi connectivity index (χ3n) is 3.56. The van der Waals surface area contributed by atoms with Crippen molar-refractivity contribution >= 4 is 17.2 Å². The molecule has 0 aliphatic heterocycles. The van der Waals surface area contributed by atoms with Crippen molar-refractivity contribution in [1.29, 1.82) is 0 Å². The summed E-state index contributed by atoms with van der Waals surface area (Å²) >= 11 is 1.73. The van der Waals surface area contributed by atoms with Crippen molar-refractivity contribution in [2.24, 2.45) is 11.7 Å². The van der Waals surface area contributed by atoms with Crippen LogP contribution in [0.5, 0.6) is 0 Å². The molecule has 1 heterocycles. The molecule has 100 valence electrons. The quantitative estimate of drug-likeness (QED) is 0.890. The molecular formula is C14H22N2OS. The van der Waals surface area contributed by atoms with Crippen LogP contribution < -0.4 is 5.73 Å². The van der Waals surface area contributed by atoms with Crippen LogP contribution in [0.3, 0.4) is 0 Å². The first-order valence-electron chi connectivity index (χ1n) is 6.59. The van der Waals surface area contributed by atoms with E-state index >= 15 is 0 Å². The highest BCUT2D eigenvalue weighted by atomic mass is 32.1. The fraction of sp³-hybridized carbons (Fsp3) is 0.643. The Bertz CT molecular complexity index is 423. The van der Waals surface area contributed by atoms with Crippen molar-refractivity contribution in [3.8, 4) is 0 Å². The maximum absolute atomic E-state index is 12.4. The Hall–Kier alpha value is -0.870. The topological polar surface area (TPSA) is 46.3 Å². The Balaban J connectivity index is 2.09. The second-order valence-electron chi connectivity index (χ2n) is 5.49. The summed E-state index contributed by atoms with van der Waals surface area (Å²) in [6.07, 6.45) is 2.25. The van der Waals surface area contributed by atoms with Gasteiger partial charge in [-0.25, -0.2) is 0 Å². The van der Waals surface area contributed by atoms with E-state index in [2.05, 4.69) is 18.4 Å². The van der Waals surface area contributed by atoms with Crippen LogP contribution in [0.4, 0.5) is 0 Å². The van der Waals surface area contributed by atoms with E-state index in [0.717, 1.165) is 19.4 Å². The third-order valence-corrected chi connectivity index (χ3v) is 4.56. The molecule has 18 heavy (non-hydrogen) atoms. The zero-order valence-corrected chi connectivity index (χ0v) is 12.2. The van der Waals surface area contributed by atoms with Crippen molar-refractivity contribution in [2.45, 2.75) is 52.2 Å². The van der Waals surface area contributed by atoms with E-state index < -0.39 is 0 Å². The lowest BCUT2D eigenvalue weighted by molar-refractivity contribution is -0.134. The molecule has 3 nitrogen and oxygen atoms in total. The minimum atomic E-state index is -0.370. The van der Waals surface area contributed by atoms with Crippen LogP contribution in [0.2, 0.25) is 0 Å². The Morgan fingerprint density at radius 1 is 1.56 bits per heavy atom. The molecule has 1 fully saturated rings. The van der Waals surface area contributed by atoms with Crippen LogP contribution in [-0.4, -0.2) is 22.9 Å². The number of aryl methyl sites for hydroxylation is 1. The highest BCUT2D eigenvalue weighted by Gasteiger charge is 2.35. The molecule has 0 saturated heterocycles. The van der Waals surface area contributed by atoms with Gasteiger partial charge in [-0.15, -0.1) is 11.3 Å². The van der Waals surface area contributed by atoms with E-state index in [1.807, 2.05) is 18.7 Å². The predicted octanol–water partition coefficient (Wildman–Crippen LogP) is 2.53. The Morgan fingerprint density at radius 3 is 2.67 bits per heavy atom. The molecule has 1 aromatic heterocycles. The number of carbonyl (C=O) groups excluding carboxylic acids is 1. The molecular weight excluding hydrogens is 244 g/mol. The molecule has 1 aliphatic rings. The summed E-state index contributed by atoms with van der Waals surface area (Å²) in [7, 11) is 0. The van der Waals surface area contributed by atoms with E-state index in [9.17, 15) is 4.79 Å². The van der Waals surface area contributed by atoms with Crippen LogP contribution in [-0.2, 0) is 11.3 Å². The smallest absolute Gasteiger partial charge is 0.240 e. The van der Waals surface area contributed by atoms with Gasteiger partial charge in [0.25, 0.3) is 0 Å². The lowest BCUT2D eigenvalue weighted by Gasteiger charge is -2.27. The molecule has 1 saturated carbocycles. The molecule has 4 heteroatoms. The van der Waals surface area contributed by atoms with Crippen molar-refractivity contribution < 1.29 is 4.79 Å². The maximum atomic E-state index is 12.4. The van der Waals surface area contributed by atoms with Crippen LogP contribution in [0.25, 0.3) is 0 Å². The van der Waals surface area contributed by atoms with E-state index in [-0.39, 0.29) is 17.9 Å². The van der Waals surface area contributed by atoms with E-state index in [1.165, 1.54) is 10.4 Å².